The first-order valence-corrected chi connectivity index (χ1v) is 6.16. The molecule has 0 aromatic carbocycles. The van der Waals surface area contributed by atoms with E-state index in [1.54, 1.807) is 7.11 Å². The molecule has 1 amide bonds. The summed E-state index contributed by atoms with van der Waals surface area (Å²) in [6.07, 6.45) is 2.98. The maximum Gasteiger partial charge on any atom is 0.251 e. The topological polar surface area (TPSA) is 50.4 Å². The predicted molar refractivity (Wildman–Crippen MR) is 64.3 cm³/mol. The average molecular weight is 228 g/mol. The van der Waals surface area contributed by atoms with Crippen LogP contribution in [0.3, 0.4) is 0 Å². The highest BCUT2D eigenvalue weighted by molar-refractivity contribution is 5.84. The van der Waals surface area contributed by atoms with E-state index in [9.17, 15) is 4.79 Å². The fourth-order valence-electron chi connectivity index (χ4n) is 1.94. The molecule has 0 radical (unpaired) electrons. The van der Waals surface area contributed by atoms with Crippen LogP contribution in [0.2, 0.25) is 0 Å². The van der Waals surface area contributed by atoms with Gasteiger partial charge in [0.2, 0.25) is 0 Å². The van der Waals surface area contributed by atoms with Gasteiger partial charge in [-0.2, -0.15) is 0 Å². The lowest BCUT2D eigenvalue weighted by atomic mass is 10.0. The van der Waals surface area contributed by atoms with E-state index in [1.807, 2.05) is 13.8 Å². The third kappa shape index (κ3) is 3.46. The van der Waals surface area contributed by atoms with Gasteiger partial charge in [0.1, 0.15) is 5.60 Å². The fourth-order valence-corrected chi connectivity index (χ4v) is 1.94. The molecule has 4 heteroatoms. The smallest absolute Gasteiger partial charge is 0.251 e. The highest BCUT2D eigenvalue weighted by atomic mass is 16.5. The van der Waals surface area contributed by atoms with Crippen LogP contribution in [0.1, 0.15) is 33.1 Å². The van der Waals surface area contributed by atoms with Gasteiger partial charge in [-0.05, 0) is 45.2 Å². The van der Waals surface area contributed by atoms with Gasteiger partial charge in [0.25, 0.3) is 5.91 Å². The quantitative estimate of drug-likeness (QED) is 0.710. The summed E-state index contributed by atoms with van der Waals surface area (Å²) in [5.41, 5.74) is -0.673. The molecule has 1 aliphatic rings. The fraction of sp³-hybridized carbons (Fsp3) is 0.917. The third-order valence-electron chi connectivity index (χ3n) is 3.61. The molecule has 2 atom stereocenters. The maximum absolute atomic E-state index is 11.8. The Morgan fingerprint density at radius 2 is 2.38 bits per heavy atom. The van der Waals surface area contributed by atoms with Gasteiger partial charge < -0.3 is 15.4 Å². The van der Waals surface area contributed by atoms with E-state index in [0.717, 1.165) is 32.0 Å². The number of nitrogens with one attached hydrogen (secondary N) is 2. The number of methoxy groups -OCH3 is 1. The van der Waals surface area contributed by atoms with Crippen LogP contribution in [0.25, 0.3) is 0 Å². The molecule has 1 heterocycles. The molecule has 0 aromatic rings. The van der Waals surface area contributed by atoms with Crippen LogP contribution in [0, 0.1) is 5.92 Å². The van der Waals surface area contributed by atoms with E-state index in [-0.39, 0.29) is 5.91 Å². The first-order chi connectivity index (χ1) is 7.62. The average Bonchev–Trinajstić information content (AvgIpc) is 2.80. The van der Waals surface area contributed by atoms with Crippen LogP contribution in [-0.2, 0) is 9.53 Å². The number of amides is 1. The van der Waals surface area contributed by atoms with Crippen LogP contribution in [0.4, 0.5) is 0 Å². The second kappa shape index (κ2) is 6.21. The van der Waals surface area contributed by atoms with Crippen LogP contribution >= 0.6 is 0 Å². The van der Waals surface area contributed by atoms with Crippen molar-refractivity contribution in [3.8, 4) is 0 Å². The van der Waals surface area contributed by atoms with Crippen molar-refractivity contribution in [2.24, 2.45) is 5.92 Å². The Bertz CT molecular complexity index is 221. The highest BCUT2D eigenvalue weighted by Gasteiger charge is 2.30. The summed E-state index contributed by atoms with van der Waals surface area (Å²) in [5.74, 6) is 0.721. The minimum atomic E-state index is -0.673. The Labute approximate surface area is 98.1 Å². The molecule has 0 spiro atoms. The highest BCUT2D eigenvalue weighted by Crippen LogP contribution is 2.15. The molecule has 94 valence electrons. The van der Waals surface area contributed by atoms with Crippen molar-refractivity contribution in [2.75, 3.05) is 26.7 Å². The molecule has 2 unspecified atom stereocenters. The maximum atomic E-state index is 11.8. The lowest BCUT2D eigenvalue weighted by Gasteiger charge is -2.25. The zero-order valence-electron chi connectivity index (χ0n) is 10.6. The van der Waals surface area contributed by atoms with Crippen LogP contribution in [0.15, 0.2) is 0 Å². The van der Waals surface area contributed by atoms with Crippen LogP contribution in [-0.4, -0.2) is 38.3 Å². The van der Waals surface area contributed by atoms with Gasteiger partial charge in [0.15, 0.2) is 0 Å². The van der Waals surface area contributed by atoms with Gasteiger partial charge in [-0.1, -0.05) is 6.92 Å². The van der Waals surface area contributed by atoms with Crippen molar-refractivity contribution in [2.45, 2.75) is 38.7 Å². The summed E-state index contributed by atoms with van der Waals surface area (Å²) in [6, 6.07) is 0. The van der Waals surface area contributed by atoms with E-state index >= 15 is 0 Å². The molecule has 1 aliphatic heterocycles. The monoisotopic (exact) mass is 228 g/mol. The van der Waals surface area contributed by atoms with E-state index in [4.69, 9.17) is 4.74 Å². The van der Waals surface area contributed by atoms with Crippen molar-refractivity contribution >= 4 is 5.91 Å². The predicted octanol–water partition coefficient (Wildman–Crippen LogP) is 0.917. The second-order valence-electron chi connectivity index (χ2n) is 4.69. The Hall–Kier alpha value is -0.610. The molecule has 2 N–H and O–H groups in total. The lowest BCUT2D eigenvalue weighted by molar-refractivity contribution is -0.141. The lowest BCUT2D eigenvalue weighted by Crippen LogP contribution is -2.46. The summed E-state index contributed by atoms with van der Waals surface area (Å²) >= 11 is 0. The molecule has 0 bridgehead atoms. The van der Waals surface area contributed by atoms with Gasteiger partial charge in [-0.3, -0.25) is 4.79 Å². The van der Waals surface area contributed by atoms with Crippen LogP contribution in [0.5, 0.6) is 0 Å². The van der Waals surface area contributed by atoms with Crippen molar-refractivity contribution in [3.63, 3.8) is 0 Å². The molecular weight excluding hydrogens is 204 g/mol. The number of carbonyl (C=O) groups is 1. The van der Waals surface area contributed by atoms with E-state index in [1.165, 1.54) is 6.42 Å². The SMILES string of the molecule is CCC(C)(OC)C(=O)NCCC1CCNC1. The van der Waals surface area contributed by atoms with Crippen LogP contribution < -0.4 is 10.6 Å². The number of carbonyl (C=O) groups excluding carboxylic acids is 1. The Morgan fingerprint density at radius 1 is 1.62 bits per heavy atom. The summed E-state index contributed by atoms with van der Waals surface area (Å²) in [7, 11) is 1.59. The molecule has 1 saturated heterocycles. The molecule has 0 aliphatic carbocycles. The van der Waals surface area contributed by atoms with E-state index < -0.39 is 5.60 Å². The number of hydrogen-bond donors (Lipinski definition) is 2. The summed E-state index contributed by atoms with van der Waals surface area (Å²) in [6.45, 7) is 6.75. The van der Waals surface area contributed by atoms with Crippen molar-refractivity contribution in [1.82, 2.24) is 10.6 Å². The van der Waals surface area contributed by atoms with Crippen molar-refractivity contribution in [1.29, 1.82) is 0 Å². The molecular formula is C12H24N2O2. The summed E-state index contributed by atoms with van der Waals surface area (Å²) in [4.78, 5) is 11.8. The zero-order valence-corrected chi connectivity index (χ0v) is 10.6. The zero-order chi connectivity index (χ0) is 12.0. The van der Waals surface area contributed by atoms with Gasteiger partial charge in [-0.15, -0.1) is 0 Å². The van der Waals surface area contributed by atoms with E-state index in [2.05, 4.69) is 10.6 Å². The van der Waals surface area contributed by atoms with Gasteiger partial charge in [-0.25, -0.2) is 0 Å². The van der Waals surface area contributed by atoms with Gasteiger partial charge in [0, 0.05) is 13.7 Å². The molecule has 4 nitrogen and oxygen atoms in total. The number of ether oxygens (including phenoxy) is 1. The largest absolute Gasteiger partial charge is 0.369 e. The number of rotatable bonds is 6. The van der Waals surface area contributed by atoms with E-state index in [0.29, 0.717) is 6.42 Å². The van der Waals surface area contributed by atoms with Crippen molar-refractivity contribution in [3.05, 3.63) is 0 Å². The molecule has 0 saturated carbocycles. The Morgan fingerprint density at radius 3 is 2.88 bits per heavy atom. The second-order valence-corrected chi connectivity index (χ2v) is 4.69. The summed E-state index contributed by atoms with van der Waals surface area (Å²) in [5, 5.41) is 6.29. The molecule has 16 heavy (non-hydrogen) atoms. The molecule has 0 aromatic heterocycles. The van der Waals surface area contributed by atoms with Crippen molar-refractivity contribution < 1.29 is 9.53 Å². The van der Waals surface area contributed by atoms with Gasteiger partial charge >= 0.3 is 0 Å². The minimum absolute atomic E-state index is 0.00320. The minimum Gasteiger partial charge on any atom is -0.369 e. The molecule has 1 fully saturated rings. The normalized spacial score (nSPS) is 24.1. The summed E-state index contributed by atoms with van der Waals surface area (Å²) < 4.78 is 5.25. The molecule has 1 rings (SSSR count). The Kier molecular flexibility index (Phi) is 5.22. The Balaban J connectivity index is 2.23. The first kappa shape index (κ1) is 13.5. The van der Waals surface area contributed by atoms with Gasteiger partial charge in [0.05, 0.1) is 0 Å². The number of hydrogen-bond acceptors (Lipinski definition) is 3. The standard InChI is InChI=1S/C12H24N2O2/c1-4-12(2,16-3)11(15)14-8-6-10-5-7-13-9-10/h10,13H,4-9H2,1-3H3,(H,14,15). The third-order valence-corrected chi connectivity index (χ3v) is 3.61. The first-order valence-electron chi connectivity index (χ1n) is 6.16.